The molecule has 7 aliphatic rings. The van der Waals surface area contributed by atoms with E-state index < -0.39 is 243 Å². The number of rotatable bonds is 19. The van der Waals surface area contributed by atoms with E-state index in [0.717, 1.165) is 66.7 Å². The number of hydrogen-bond acceptors (Lipinski definition) is 28. The number of ether oxygens (including phenoxy) is 6. The number of phenols is 3. The van der Waals surface area contributed by atoms with Gasteiger partial charge < -0.3 is 128 Å². The summed E-state index contributed by atoms with van der Waals surface area (Å²) in [4.78, 5) is 136. The lowest BCUT2D eigenvalue weighted by molar-refractivity contribution is -0.334. The van der Waals surface area contributed by atoms with Crippen LogP contribution >= 0.6 is 34.8 Å². The van der Waals surface area contributed by atoms with Crippen LogP contribution in [0.5, 0.6) is 46.0 Å². The number of aliphatic hydroxyl groups excluding tert-OH is 6. The van der Waals surface area contributed by atoms with Crippen molar-refractivity contribution in [2.75, 3.05) is 19.0 Å². The lowest BCUT2D eigenvalue weighted by atomic mass is 9.84. The number of hydrogen-bond donors (Lipinski definition) is 21. The van der Waals surface area contributed by atoms with Crippen LogP contribution in [0, 0.1) is 5.92 Å². The summed E-state index contributed by atoms with van der Waals surface area (Å²) in [5.41, 5.74) is 4.49. The van der Waals surface area contributed by atoms with E-state index >= 15 is 19.2 Å². The van der Waals surface area contributed by atoms with Crippen molar-refractivity contribution in [3.63, 3.8) is 0 Å². The fourth-order valence-corrected chi connectivity index (χ4v) is 15.2. The molecule has 7 aromatic rings. The molecule has 0 spiro atoms. The number of carbonyl (C=O) groups is 9. The van der Waals surface area contributed by atoms with Gasteiger partial charge in [-0.15, -0.1) is 0 Å². The monoisotopic (exact) mass is 1730 g/mol. The zero-order chi connectivity index (χ0) is 87.3. The maximum atomic E-state index is 16.3. The Morgan fingerprint density at radius 2 is 1.36 bits per heavy atom. The number of hydroxylamine groups is 1. The molecule has 9 amide bonds. The van der Waals surface area contributed by atoms with Crippen molar-refractivity contribution in [3.05, 3.63) is 182 Å². The number of amides is 9. The van der Waals surface area contributed by atoms with Crippen molar-refractivity contribution in [3.8, 4) is 57.1 Å². The average Bonchev–Trinajstić information content (AvgIpc) is 0.771. The van der Waals surface area contributed by atoms with Crippen LogP contribution in [0.3, 0.4) is 0 Å². The number of anilines is 1. The molecule has 0 aliphatic carbocycles. The summed E-state index contributed by atoms with van der Waals surface area (Å²) in [6.45, 7) is 5.79. The summed E-state index contributed by atoms with van der Waals surface area (Å²) in [5.74, 6) is -16.4. The van der Waals surface area contributed by atoms with Gasteiger partial charge in [0.2, 0.25) is 59.3 Å². The molecule has 22 N–H and O–H groups in total. The molecule has 642 valence electrons. The highest BCUT2D eigenvalue weighted by atomic mass is 35.5. The van der Waals surface area contributed by atoms with Gasteiger partial charge in [-0.1, -0.05) is 79.0 Å². The quantitative estimate of drug-likeness (QED) is 0.0314. The van der Waals surface area contributed by atoms with E-state index in [2.05, 4.69) is 52.8 Å². The van der Waals surface area contributed by atoms with Gasteiger partial charge in [0.05, 0.1) is 53.2 Å². The van der Waals surface area contributed by atoms with E-state index in [1.54, 1.807) is 43.3 Å². The van der Waals surface area contributed by atoms with E-state index in [4.69, 9.17) is 69.0 Å². The number of aromatic nitrogens is 1. The molecule has 0 radical (unpaired) electrons. The van der Waals surface area contributed by atoms with Crippen LogP contribution in [0.15, 0.2) is 128 Å². The number of phenolic OH excluding ortho intramolecular Hbond substituents is 3. The van der Waals surface area contributed by atoms with E-state index in [9.17, 15) is 75.1 Å². The smallest absolute Gasteiger partial charge is 0.270 e. The highest BCUT2D eigenvalue weighted by molar-refractivity contribution is 6.32. The van der Waals surface area contributed by atoms with Gasteiger partial charge in [0.25, 0.3) is 5.91 Å². The highest BCUT2D eigenvalue weighted by Gasteiger charge is 2.52. The van der Waals surface area contributed by atoms with Crippen LogP contribution in [0.25, 0.3) is 17.2 Å². The number of pyridine rings is 1. The molecule has 16 unspecified atom stereocenters. The Bertz CT molecular complexity index is 5170. The number of nitrogens with zero attached hydrogens (tertiary/aromatic N) is 1. The Morgan fingerprint density at radius 3 is 1.99 bits per heavy atom. The fraction of sp³-hybridized carbons (Fsp3) is 0.358. The van der Waals surface area contributed by atoms with Crippen molar-refractivity contribution in [1.29, 1.82) is 0 Å². The zero-order valence-corrected chi connectivity index (χ0v) is 67.2. The van der Waals surface area contributed by atoms with Crippen LogP contribution in [-0.4, -0.2) is 202 Å². The molecule has 37 nitrogen and oxygen atoms in total. The van der Waals surface area contributed by atoms with E-state index in [0.29, 0.717) is 21.8 Å². The lowest BCUT2D eigenvalue weighted by Crippen LogP contribution is -2.65. The molecule has 121 heavy (non-hydrogen) atoms. The number of fused-ring (bicyclic) bond motifs is 15. The van der Waals surface area contributed by atoms with Crippen LogP contribution in [0.2, 0.25) is 15.1 Å². The van der Waals surface area contributed by atoms with Gasteiger partial charge in [-0.05, 0) is 151 Å². The largest absolute Gasteiger partial charge is 0.508 e. The number of nitrogens with two attached hydrogens (primary N) is 1. The summed E-state index contributed by atoms with van der Waals surface area (Å²) < 4.78 is 39.4. The highest BCUT2D eigenvalue weighted by Crippen LogP contribution is 2.50. The van der Waals surface area contributed by atoms with Gasteiger partial charge >= 0.3 is 0 Å². The predicted octanol–water partition coefficient (Wildman–Crippen LogP) is 3.06. The second-order valence-electron chi connectivity index (χ2n) is 30.1. The summed E-state index contributed by atoms with van der Waals surface area (Å²) in [6, 6.07) is 7.66. The van der Waals surface area contributed by atoms with Crippen molar-refractivity contribution in [2.24, 2.45) is 11.7 Å². The summed E-state index contributed by atoms with van der Waals surface area (Å²) in [5, 5.41) is 140. The number of carbonyl (C=O) groups excluding carboxylic acids is 9. The van der Waals surface area contributed by atoms with Crippen molar-refractivity contribution in [2.45, 2.75) is 163 Å². The molecule has 2 saturated heterocycles. The minimum atomic E-state index is -2.39. The predicted molar refractivity (Wildman–Crippen MR) is 428 cm³/mol. The molecule has 18 atom stereocenters. The van der Waals surface area contributed by atoms with E-state index in [1.807, 2.05) is 13.8 Å². The first-order chi connectivity index (χ1) is 57.5. The van der Waals surface area contributed by atoms with Gasteiger partial charge in [-0.2, -0.15) is 0 Å². The van der Waals surface area contributed by atoms with Gasteiger partial charge in [-0.25, -0.2) is 5.48 Å². The van der Waals surface area contributed by atoms with Gasteiger partial charge in [0.15, 0.2) is 23.9 Å². The number of aromatic hydroxyl groups is 3. The third kappa shape index (κ3) is 20.1. The standard InChI is InChI=1S/C81H87Cl3N12O25/c1-33(2)18-48(86-5)73(108)94-64-66(103)38-10-15-52(46(83)21-38)117-54-23-40-24-55(70(54)121-80-71(69(106)68(105)56(32-97)119-80)120-59-28-81(4,72(107)34(3)116-59)88-30-36-19-42(31-87-29-36)89-58(102)17-8-35-6-12-41(82)13-7-35)118-53-16-11-39(22-47(53)84)67(104)65-78(113)93-63(79(114)96-115)45-25-43(98)26-51(100)60(45)44-20-37(9-14-50(44)99)61(75(110)95-65)92-76(111)62(40)91-74(109)49(27-57(85)101)90-77(64)112/h6-17,19-26,29,31,33-34,48-49,56,59,61-69,71-72,80,86,88,97-100,103-107,115H,18,27-28,30,32H2,1-5H3,(H2,85,101)(H,89,102)(H,90,112)(H,91,109)(H,92,111)(H,93,113)(H,94,108)(H,95,110)(H,96,114)/b17-8+/t34?,48?,49?,56?,59?,61?,62?,63-,64?,65?,66?,67?,68?,69?,71?,72?,80?,81-/m1/s1. The van der Waals surface area contributed by atoms with Crippen molar-refractivity contribution < 1.29 is 123 Å². The van der Waals surface area contributed by atoms with E-state index in [1.165, 1.54) is 50.1 Å². The summed E-state index contributed by atoms with van der Waals surface area (Å²) in [6.07, 6.45) is -13.4. The minimum Gasteiger partial charge on any atom is -0.508 e. The number of primary amides is 1. The third-order valence-corrected chi connectivity index (χ3v) is 21.8. The Kier molecular flexibility index (Phi) is 27.7. The molecule has 7 aliphatic heterocycles. The first kappa shape index (κ1) is 88.9. The van der Waals surface area contributed by atoms with Crippen LogP contribution in [-0.2, 0) is 63.9 Å². The molecule has 11 bridgehead atoms. The van der Waals surface area contributed by atoms with Crippen molar-refractivity contribution >= 4 is 99.7 Å². The number of likely N-dealkylation sites (N-methyl/N-ethyl adjacent to an activating group) is 1. The summed E-state index contributed by atoms with van der Waals surface area (Å²) in [7, 11) is 1.47. The first-order valence-electron chi connectivity index (χ1n) is 37.8. The topological polar surface area (TPSA) is 571 Å². The minimum absolute atomic E-state index is 0.00515. The van der Waals surface area contributed by atoms with Crippen LogP contribution < -0.4 is 73.3 Å². The molecule has 8 heterocycles. The Hall–Kier alpha value is -11.4. The van der Waals surface area contributed by atoms with Crippen molar-refractivity contribution in [1.82, 2.24) is 53.0 Å². The lowest BCUT2D eigenvalue weighted by Gasteiger charge is -2.48. The maximum absolute atomic E-state index is 16.3. The number of halogens is 3. The Balaban J connectivity index is 1.01. The normalized spacial score (nSPS) is 26.5. The molecule has 0 saturated carbocycles. The van der Waals surface area contributed by atoms with Crippen LogP contribution in [0.4, 0.5) is 5.69 Å². The Morgan fingerprint density at radius 1 is 0.711 bits per heavy atom. The Labute approximate surface area is 704 Å². The zero-order valence-electron chi connectivity index (χ0n) is 64.9. The van der Waals surface area contributed by atoms with Gasteiger partial charge in [0, 0.05) is 53.0 Å². The molecule has 1 aromatic heterocycles. The van der Waals surface area contributed by atoms with E-state index in [-0.39, 0.29) is 52.8 Å². The molecule has 6 aromatic carbocycles. The number of nitrogens with one attached hydrogen (secondary N) is 10. The average molecular weight is 1740 g/mol. The molecule has 40 heteroatoms. The fourth-order valence-electron chi connectivity index (χ4n) is 14.6. The number of benzene rings is 6. The first-order valence-corrected chi connectivity index (χ1v) is 39.0. The SMILES string of the molecule is CNC(CC(C)C)C(=O)NC1C(=O)NC(CC(N)=O)C(=O)NC2C(=O)NC3C(=O)NC(C(=O)N[C@@H](C(=O)NO)c4cc(O)cc(O)c4-c4cc3ccc4O)C(O)c3ccc(c(Cl)c3)Oc3cc2cc(c3OC2OC(CO)C(O)C(O)C2OC2C[C@@](C)(NCc3cncc(NC(=O)/C=C/c4ccc(Cl)cc4)c3)C(O)C(C)O2)Oc2ccc(cc2Cl)C1O. The second kappa shape index (κ2) is 37.7. The van der Waals surface area contributed by atoms with Gasteiger partial charge in [0.1, 0.15) is 95.5 Å². The number of aliphatic hydroxyl groups is 6. The maximum Gasteiger partial charge on any atom is 0.270 e. The summed E-state index contributed by atoms with van der Waals surface area (Å²) >= 11 is 20.3. The molecular weight excluding hydrogens is 1650 g/mol. The molecule has 2 fully saturated rings. The van der Waals surface area contributed by atoms with Crippen LogP contribution in [0.1, 0.15) is 116 Å². The molecular formula is C81H87Cl3N12O25. The van der Waals surface area contributed by atoms with Gasteiger partial charge in [-0.3, -0.25) is 53.3 Å². The molecule has 14 rings (SSSR count). The third-order valence-electron chi connectivity index (χ3n) is 20.9. The second-order valence-corrected chi connectivity index (χ2v) is 31.3.